The van der Waals surface area contributed by atoms with Crippen molar-refractivity contribution >= 4 is 17.5 Å². The van der Waals surface area contributed by atoms with E-state index in [-0.39, 0.29) is 23.8 Å². The Morgan fingerprint density at radius 1 is 1.00 bits per heavy atom. The van der Waals surface area contributed by atoms with Crippen LogP contribution in [0.4, 0.5) is 5.69 Å². The number of nitrogens with two attached hydrogens (primary N) is 1. The molecule has 18 heavy (non-hydrogen) atoms. The van der Waals surface area contributed by atoms with E-state index in [0.717, 1.165) is 18.4 Å². The van der Waals surface area contributed by atoms with Gasteiger partial charge in [0, 0.05) is 30.5 Å². The minimum absolute atomic E-state index is 0.0144. The molecule has 3 rings (SSSR count). The number of carbonyl (C=O) groups is 2. The largest absolute Gasteiger partial charge is 0.399 e. The van der Waals surface area contributed by atoms with Crippen LogP contribution in [0.15, 0.2) is 24.3 Å². The van der Waals surface area contributed by atoms with Gasteiger partial charge in [-0.25, -0.2) is 0 Å². The Balaban J connectivity index is 1.78. The van der Waals surface area contributed by atoms with Gasteiger partial charge in [0.1, 0.15) is 0 Å². The minimum Gasteiger partial charge on any atom is -0.399 e. The van der Waals surface area contributed by atoms with Crippen molar-refractivity contribution in [2.24, 2.45) is 0 Å². The van der Waals surface area contributed by atoms with E-state index < -0.39 is 0 Å². The maximum absolute atomic E-state index is 12.0. The van der Waals surface area contributed by atoms with Crippen molar-refractivity contribution in [2.45, 2.75) is 37.6 Å². The van der Waals surface area contributed by atoms with E-state index in [9.17, 15) is 9.59 Å². The van der Waals surface area contributed by atoms with Gasteiger partial charge in [-0.1, -0.05) is 12.1 Å². The van der Waals surface area contributed by atoms with Gasteiger partial charge in [-0.2, -0.15) is 0 Å². The number of hydrogen-bond acceptors (Lipinski definition) is 3. The number of likely N-dealkylation sites (tertiary alicyclic amines) is 1. The van der Waals surface area contributed by atoms with Crippen LogP contribution in [0.5, 0.6) is 0 Å². The summed E-state index contributed by atoms with van der Waals surface area (Å²) in [5.41, 5.74) is 7.37. The van der Waals surface area contributed by atoms with E-state index in [1.807, 2.05) is 24.3 Å². The predicted octanol–water partition coefficient (Wildman–Crippen LogP) is 1.66. The normalized spacial score (nSPS) is 21.4. The summed E-state index contributed by atoms with van der Waals surface area (Å²) in [4.78, 5) is 25.5. The maximum atomic E-state index is 12.0. The highest BCUT2D eigenvalue weighted by Crippen LogP contribution is 2.36. The van der Waals surface area contributed by atoms with Crippen LogP contribution in [0.2, 0.25) is 0 Å². The zero-order valence-electron chi connectivity index (χ0n) is 10.1. The second-order valence-electron chi connectivity index (χ2n) is 5.16. The van der Waals surface area contributed by atoms with E-state index in [0.29, 0.717) is 18.5 Å². The number of nitrogens with zero attached hydrogens (tertiary/aromatic N) is 1. The van der Waals surface area contributed by atoms with Gasteiger partial charge in [-0.15, -0.1) is 0 Å². The lowest BCUT2D eigenvalue weighted by Gasteiger charge is -2.30. The Morgan fingerprint density at radius 3 is 2.06 bits per heavy atom. The molecule has 1 aromatic rings. The molecule has 1 saturated heterocycles. The van der Waals surface area contributed by atoms with Crippen LogP contribution in [-0.2, 0) is 9.59 Å². The lowest BCUT2D eigenvalue weighted by atomic mass is 9.88. The van der Waals surface area contributed by atoms with Gasteiger partial charge in [0.25, 0.3) is 0 Å². The number of imide groups is 1. The smallest absolute Gasteiger partial charge is 0.230 e. The number of rotatable bonds is 2. The molecule has 1 aliphatic heterocycles. The Kier molecular flexibility index (Phi) is 2.58. The highest BCUT2D eigenvalue weighted by Gasteiger charge is 2.41. The molecule has 94 valence electrons. The highest BCUT2D eigenvalue weighted by molar-refractivity contribution is 5.99. The fourth-order valence-electron chi connectivity index (χ4n) is 2.57. The van der Waals surface area contributed by atoms with E-state index in [2.05, 4.69) is 0 Å². The molecular weight excluding hydrogens is 228 g/mol. The monoisotopic (exact) mass is 244 g/mol. The van der Waals surface area contributed by atoms with Crippen molar-refractivity contribution in [3.05, 3.63) is 29.8 Å². The summed E-state index contributed by atoms with van der Waals surface area (Å²) < 4.78 is 0. The molecule has 0 atom stereocenters. The molecule has 0 radical (unpaired) electrons. The van der Waals surface area contributed by atoms with Crippen LogP contribution in [0, 0.1) is 0 Å². The van der Waals surface area contributed by atoms with Crippen molar-refractivity contribution in [3.8, 4) is 0 Å². The molecule has 2 aliphatic rings. The van der Waals surface area contributed by atoms with Crippen molar-refractivity contribution < 1.29 is 9.59 Å². The summed E-state index contributed by atoms with van der Waals surface area (Å²) in [5, 5.41) is 0. The number of carbonyl (C=O) groups excluding carboxylic acids is 2. The topological polar surface area (TPSA) is 63.4 Å². The molecule has 2 fully saturated rings. The highest BCUT2D eigenvalue weighted by atomic mass is 16.2. The van der Waals surface area contributed by atoms with Gasteiger partial charge in [0.2, 0.25) is 11.8 Å². The number of hydrogen-bond donors (Lipinski definition) is 1. The SMILES string of the molecule is Nc1ccc(C2CC(=O)N(C3CC3)C(=O)C2)cc1. The van der Waals surface area contributed by atoms with E-state index in [1.165, 1.54) is 4.90 Å². The molecule has 0 spiro atoms. The zero-order chi connectivity index (χ0) is 12.7. The molecule has 4 heteroatoms. The van der Waals surface area contributed by atoms with Gasteiger partial charge in [-0.3, -0.25) is 14.5 Å². The lowest BCUT2D eigenvalue weighted by molar-refractivity contribution is -0.149. The molecule has 1 saturated carbocycles. The second kappa shape index (κ2) is 4.12. The van der Waals surface area contributed by atoms with Crippen LogP contribution in [0.1, 0.15) is 37.2 Å². The van der Waals surface area contributed by atoms with Crippen LogP contribution in [0.3, 0.4) is 0 Å². The third-order valence-corrected chi connectivity index (χ3v) is 3.70. The summed E-state index contributed by atoms with van der Waals surface area (Å²) >= 11 is 0. The molecule has 1 heterocycles. The van der Waals surface area contributed by atoms with Crippen LogP contribution in [0.25, 0.3) is 0 Å². The molecular formula is C14H16N2O2. The fourth-order valence-corrected chi connectivity index (χ4v) is 2.57. The van der Waals surface area contributed by atoms with Crippen molar-refractivity contribution in [1.29, 1.82) is 0 Å². The summed E-state index contributed by atoms with van der Waals surface area (Å²) in [6.45, 7) is 0. The Hall–Kier alpha value is -1.84. The molecule has 2 amide bonds. The Bertz CT molecular complexity index is 473. The fraction of sp³-hybridized carbons (Fsp3) is 0.429. The van der Waals surface area contributed by atoms with Crippen molar-refractivity contribution in [3.63, 3.8) is 0 Å². The van der Waals surface area contributed by atoms with E-state index >= 15 is 0 Å². The molecule has 1 aromatic carbocycles. The average molecular weight is 244 g/mol. The number of piperidine rings is 1. The number of nitrogen functional groups attached to an aromatic ring is 1. The molecule has 4 nitrogen and oxygen atoms in total. The first-order valence-electron chi connectivity index (χ1n) is 6.35. The first-order valence-corrected chi connectivity index (χ1v) is 6.35. The van der Waals surface area contributed by atoms with Crippen LogP contribution >= 0.6 is 0 Å². The minimum atomic E-state index is -0.0180. The Morgan fingerprint density at radius 2 is 1.56 bits per heavy atom. The molecule has 2 N–H and O–H groups in total. The Labute approximate surface area is 106 Å². The number of amides is 2. The summed E-state index contributed by atoms with van der Waals surface area (Å²) in [7, 11) is 0. The number of benzene rings is 1. The van der Waals surface area contributed by atoms with E-state index in [1.54, 1.807) is 0 Å². The molecule has 0 bridgehead atoms. The number of anilines is 1. The van der Waals surface area contributed by atoms with Gasteiger partial charge in [0.15, 0.2) is 0 Å². The van der Waals surface area contributed by atoms with Crippen LogP contribution in [-0.4, -0.2) is 22.8 Å². The van der Waals surface area contributed by atoms with Gasteiger partial charge in [0.05, 0.1) is 0 Å². The van der Waals surface area contributed by atoms with Crippen molar-refractivity contribution in [2.75, 3.05) is 5.73 Å². The summed E-state index contributed by atoms with van der Waals surface area (Å²) in [6, 6.07) is 7.65. The van der Waals surface area contributed by atoms with Gasteiger partial charge < -0.3 is 5.73 Å². The predicted molar refractivity (Wildman–Crippen MR) is 67.7 cm³/mol. The zero-order valence-corrected chi connectivity index (χ0v) is 10.1. The summed E-state index contributed by atoms with van der Waals surface area (Å²) in [5.74, 6) is -0.0215. The quantitative estimate of drug-likeness (QED) is 0.635. The molecule has 0 unspecified atom stereocenters. The van der Waals surface area contributed by atoms with Gasteiger partial charge in [-0.05, 0) is 30.5 Å². The molecule has 0 aromatic heterocycles. The first kappa shape index (κ1) is 11.3. The van der Waals surface area contributed by atoms with Crippen molar-refractivity contribution in [1.82, 2.24) is 4.90 Å². The van der Waals surface area contributed by atoms with Gasteiger partial charge >= 0.3 is 0 Å². The lowest BCUT2D eigenvalue weighted by Crippen LogP contribution is -2.43. The maximum Gasteiger partial charge on any atom is 0.230 e. The third-order valence-electron chi connectivity index (χ3n) is 3.70. The average Bonchev–Trinajstić information content (AvgIpc) is 3.13. The first-order chi connectivity index (χ1) is 8.65. The van der Waals surface area contributed by atoms with E-state index in [4.69, 9.17) is 5.73 Å². The summed E-state index contributed by atoms with van der Waals surface area (Å²) in [6.07, 6.45) is 2.83. The second-order valence-corrected chi connectivity index (χ2v) is 5.16. The third kappa shape index (κ3) is 1.98. The standard InChI is InChI=1S/C14H16N2O2/c15-11-3-1-9(2-4-11)10-7-13(17)16(12-5-6-12)14(18)8-10/h1-4,10,12H,5-8,15H2. The molecule has 1 aliphatic carbocycles. The van der Waals surface area contributed by atoms with Crippen LogP contribution < -0.4 is 5.73 Å².